The Morgan fingerprint density at radius 1 is 0.619 bits per heavy atom. The van der Waals surface area contributed by atoms with E-state index in [0.717, 1.165) is 0 Å². The Kier molecular flexibility index (Phi) is 8.14. The molecule has 2 aromatic carbocycles. The highest BCUT2D eigenvalue weighted by atomic mass is 28.3. The minimum atomic E-state index is -0.234. The maximum atomic E-state index is 5.99. The molecule has 3 heteroatoms. The number of hydrogen-bond acceptors (Lipinski definition) is 1. The van der Waals surface area contributed by atoms with Gasteiger partial charge in [0.1, 0.15) is 19.5 Å². The lowest BCUT2D eigenvalue weighted by Crippen LogP contribution is -2.04. The highest BCUT2D eigenvalue weighted by molar-refractivity contribution is 6.42. The Hall–Kier alpha value is -1.17. The van der Waals surface area contributed by atoms with Crippen LogP contribution in [0, 0.1) is 0 Å². The van der Waals surface area contributed by atoms with Gasteiger partial charge in [0.25, 0.3) is 0 Å². The van der Waals surface area contributed by atoms with Gasteiger partial charge < -0.3 is 4.12 Å². The van der Waals surface area contributed by atoms with Crippen LogP contribution in [0.3, 0.4) is 0 Å². The first-order valence-electron chi connectivity index (χ1n) is 8.11. The maximum Gasteiger partial charge on any atom is 0.146 e. The smallest absolute Gasteiger partial charge is 0.146 e. The van der Waals surface area contributed by atoms with Gasteiger partial charge in [0.05, 0.1) is 0 Å². The third kappa shape index (κ3) is 7.41. The Morgan fingerprint density at radius 3 is 1.48 bits per heavy atom. The average Bonchev–Trinajstić information content (AvgIpc) is 2.55. The second-order valence-corrected chi connectivity index (χ2v) is 9.36. The van der Waals surface area contributed by atoms with Crippen molar-refractivity contribution in [3.05, 3.63) is 71.8 Å². The molecule has 0 radical (unpaired) electrons. The van der Waals surface area contributed by atoms with E-state index < -0.39 is 0 Å². The second-order valence-electron chi connectivity index (χ2n) is 5.50. The molecule has 0 amide bonds. The van der Waals surface area contributed by atoms with Crippen LogP contribution < -0.4 is 0 Å². The topological polar surface area (TPSA) is 9.23 Å². The normalized spacial score (nSPS) is 11.8. The van der Waals surface area contributed by atoms with Crippen LogP contribution in [0.5, 0.6) is 0 Å². The summed E-state index contributed by atoms with van der Waals surface area (Å²) >= 11 is 0. The quantitative estimate of drug-likeness (QED) is 0.483. The fourth-order valence-corrected chi connectivity index (χ4v) is 5.82. The molecule has 0 atom stereocenters. The molecule has 0 unspecified atom stereocenters. The molecule has 0 saturated carbocycles. The molecular formula is C18H26OSi2. The average molecular weight is 315 g/mol. The largest absolute Gasteiger partial charge is 0.465 e. The minimum Gasteiger partial charge on any atom is -0.465 e. The summed E-state index contributed by atoms with van der Waals surface area (Å²) in [5, 5.41) is 0. The van der Waals surface area contributed by atoms with Crippen LogP contribution in [-0.4, -0.2) is 19.5 Å². The van der Waals surface area contributed by atoms with Crippen molar-refractivity contribution in [3.8, 4) is 0 Å². The SMILES string of the molecule is c1ccc(CCC[SiH2]O[SiH2]CCCc2ccccc2)cc1. The van der Waals surface area contributed by atoms with Gasteiger partial charge in [0.2, 0.25) is 0 Å². The Morgan fingerprint density at radius 2 is 1.05 bits per heavy atom. The molecule has 0 aliphatic heterocycles. The van der Waals surface area contributed by atoms with Crippen LogP contribution in [0.25, 0.3) is 0 Å². The van der Waals surface area contributed by atoms with Crippen molar-refractivity contribution < 1.29 is 4.12 Å². The first-order chi connectivity index (χ1) is 10.4. The second kappa shape index (κ2) is 10.5. The number of aryl methyl sites for hydroxylation is 2. The lowest BCUT2D eigenvalue weighted by atomic mass is 10.1. The van der Waals surface area contributed by atoms with E-state index in [0.29, 0.717) is 0 Å². The molecule has 0 aromatic heterocycles. The van der Waals surface area contributed by atoms with E-state index in [2.05, 4.69) is 60.7 Å². The first-order valence-corrected chi connectivity index (χ1v) is 11.3. The van der Waals surface area contributed by atoms with Crippen molar-refractivity contribution in [3.63, 3.8) is 0 Å². The van der Waals surface area contributed by atoms with Gasteiger partial charge in [-0.15, -0.1) is 0 Å². The monoisotopic (exact) mass is 314 g/mol. The third-order valence-electron chi connectivity index (χ3n) is 3.69. The minimum absolute atomic E-state index is 0.234. The van der Waals surface area contributed by atoms with Gasteiger partial charge >= 0.3 is 0 Å². The predicted octanol–water partition coefficient (Wildman–Crippen LogP) is 3.27. The summed E-state index contributed by atoms with van der Waals surface area (Å²) in [5.74, 6) is 0. The molecule has 0 fully saturated rings. The van der Waals surface area contributed by atoms with Crippen LogP contribution in [0.4, 0.5) is 0 Å². The lowest BCUT2D eigenvalue weighted by Gasteiger charge is -2.04. The van der Waals surface area contributed by atoms with E-state index in [4.69, 9.17) is 4.12 Å². The number of hydrogen-bond donors (Lipinski definition) is 0. The standard InChI is InChI=1S/C18H26OSi2/c1-3-9-17(10-4-1)13-7-15-20-19-21-16-8-14-18-11-5-2-6-12-18/h1-6,9-12H,7-8,13-16,20-21H2. The van der Waals surface area contributed by atoms with Crippen LogP contribution >= 0.6 is 0 Å². The van der Waals surface area contributed by atoms with Gasteiger partial charge in [-0.2, -0.15) is 0 Å². The zero-order valence-electron chi connectivity index (χ0n) is 12.8. The van der Waals surface area contributed by atoms with Crippen LogP contribution in [0.15, 0.2) is 60.7 Å². The third-order valence-corrected chi connectivity index (χ3v) is 7.58. The van der Waals surface area contributed by atoms with Gasteiger partial charge in [-0.05, 0) is 36.1 Å². The van der Waals surface area contributed by atoms with E-state index >= 15 is 0 Å². The summed E-state index contributed by atoms with van der Waals surface area (Å²) < 4.78 is 5.99. The zero-order valence-corrected chi connectivity index (χ0v) is 15.7. The van der Waals surface area contributed by atoms with Gasteiger partial charge in [-0.25, -0.2) is 0 Å². The van der Waals surface area contributed by atoms with E-state index in [-0.39, 0.29) is 19.5 Å². The van der Waals surface area contributed by atoms with Crippen molar-refractivity contribution in [2.45, 2.75) is 37.8 Å². The Labute approximate surface area is 133 Å². The van der Waals surface area contributed by atoms with Crippen LogP contribution in [0.1, 0.15) is 24.0 Å². The van der Waals surface area contributed by atoms with Crippen molar-refractivity contribution in [1.29, 1.82) is 0 Å². The fraction of sp³-hybridized carbons (Fsp3) is 0.333. The maximum absolute atomic E-state index is 5.99. The molecule has 2 aromatic rings. The van der Waals surface area contributed by atoms with Gasteiger partial charge in [-0.1, -0.05) is 73.5 Å². The van der Waals surface area contributed by atoms with E-state index in [9.17, 15) is 0 Å². The molecule has 0 aliphatic carbocycles. The number of rotatable bonds is 10. The summed E-state index contributed by atoms with van der Waals surface area (Å²) in [5.41, 5.74) is 2.93. The van der Waals surface area contributed by atoms with E-state index in [1.165, 1.54) is 48.9 Å². The highest BCUT2D eigenvalue weighted by Crippen LogP contribution is 2.06. The molecule has 0 bridgehead atoms. The van der Waals surface area contributed by atoms with Gasteiger partial charge in [-0.3, -0.25) is 0 Å². The molecule has 21 heavy (non-hydrogen) atoms. The summed E-state index contributed by atoms with van der Waals surface area (Å²) in [4.78, 5) is 0. The molecule has 1 nitrogen and oxygen atoms in total. The molecule has 0 spiro atoms. The molecule has 112 valence electrons. The molecule has 0 saturated heterocycles. The zero-order chi connectivity index (χ0) is 14.6. The van der Waals surface area contributed by atoms with Gasteiger partial charge in [0.15, 0.2) is 0 Å². The Balaban J connectivity index is 1.40. The van der Waals surface area contributed by atoms with Crippen molar-refractivity contribution in [1.82, 2.24) is 0 Å². The lowest BCUT2D eigenvalue weighted by molar-refractivity contribution is 0.622. The van der Waals surface area contributed by atoms with Crippen molar-refractivity contribution in [2.75, 3.05) is 0 Å². The predicted molar refractivity (Wildman–Crippen MR) is 97.3 cm³/mol. The summed E-state index contributed by atoms with van der Waals surface area (Å²) in [7, 11) is -0.467. The van der Waals surface area contributed by atoms with Crippen molar-refractivity contribution in [2.24, 2.45) is 0 Å². The summed E-state index contributed by atoms with van der Waals surface area (Å²) in [6, 6.07) is 24.2. The van der Waals surface area contributed by atoms with Gasteiger partial charge in [0, 0.05) is 0 Å². The highest BCUT2D eigenvalue weighted by Gasteiger charge is 1.96. The molecule has 2 rings (SSSR count). The number of benzene rings is 2. The van der Waals surface area contributed by atoms with Crippen molar-refractivity contribution >= 4 is 19.5 Å². The fourth-order valence-electron chi connectivity index (χ4n) is 2.46. The molecule has 0 N–H and O–H groups in total. The molecular weight excluding hydrogens is 288 g/mol. The first kappa shape index (κ1) is 16.2. The van der Waals surface area contributed by atoms with Crippen LogP contribution in [0.2, 0.25) is 12.1 Å². The summed E-state index contributed by atoms with van der Waals surface area (Å²) in [6.45, 7) is 0. The van der Waals surface area contributed by atoms with E-state index in [1.807, 2.05) is 0 Å². The van der Waals surface area contributed by atoms with Crippen LogP contribution in [-0.2, 0) is 17.0 Å². The summed E-state index contributed by atoms with van der Waals surface area (Å²) in [6.07, 6.45) is 5.03. The Bertz CT molecular complexity index is 428. The van der Waals surface area contributed by atoms with E-state index in [1.54, 1.807) is 0 Å². The molecule has 0 heterocycles. The molecule has 0 aliphatic rings.